The molecule has 1 aliphatic heterocycles. The van der Waals surface area contributed by atoms with Crippen LogP contribution in [-0.4, -0.2) is 21.1 Å². The third kappa shape index (κ3) is 5.89. The molecule has 0 aromatic carbocycles. The minimum atomic E-state index is -0.595. The standard InChI is InChI=1S/C5H5.C4H8O.CH3.Al.Ti/c1-2-4-5-3-1;1-2-3-4-5;;;/h1-3H,4H2;1-4H2;1H3;;/q;-1;;+1;. The number of hydrogen-bond acceptors (Lipinski definition) is 1. The van der Waals surface area contributed by atoms with Gasteiger partial charge in [0.1, 0.15) is 0 Å². The Morgan fingerprint density at radius 1 is 1.46 bits per heavy atom. The zero-order valence-electron chi connectivity index (χ0n) is 8.25. The van der Waals surface area contributed by atoms with E-state index in [1.807, 2.05) is 0 Å². The Labute approximate surface area is 97.4 Å². The molecule has 0 aromatic heterocycles. The van der Waals surface area contributed by atoms with Gasteiger partial charge in [0.15, 0.2) is 0 Å². The summed E-state index contributed by atoms with van der Waals surface area (Å²) < 4.78 is 6.88. The first-order valence-electron chi connectivity index (χ1n) is 4.98. The van der Waals surface area contributed by atoms with Crippen molar-refractivity contribution >= 4 is 14.5 Å². The Bertz CT molecular complexity index is 195. The summed E-state index contributed by atoms with van der Waals surface area (Å²) in [6.07, 6.45) is 10.3. The molecule has 0 bridgehead atoms. The molecule has 2 aliphatic rings. The molecule has 0 aromatic rings. The summed E-state index contributed by atoms with van der Waals surface area (Å²) in [7, 11) is 0. The molecular formula is C10H16AlOTi. The molecule has 0 N–H and O–H groups in total. The van der Waals surface area contributed by atoms with Crippen molar-refractivity contribution in [2.24, 2.45) is 0 Å². The van der Waals surface area contributed by atoms with Gasteiger partial charge in [-0.2, -0.15) is 0 Å². The van der Waals surface area contributed by atoms with Crippen LogP contribution in [0.4, 0.5) is 0 Å². The normalized spacial score (nSPS) is 20.6. The van der Waals surface area contributed by atoms with Gasteiger partial charge in [0.25, 0.3) is 0 Å². The van der Waals surface area contributed by atoms with Crippen LogP contribution >= 0.6 is 0 Å². The van der Waals surface area contributed by atoms with Crippen LogP contribution in [0, 0.1) is 0 Å². The van der Waals surface area contributed by atoms with E-state index in [1.165, 1.54) is 28.4 Å². The van der Waals surface area contributed by atoms with Gasteiger partial charge in [0.05, 0.1) is 0 Å². The van der Waals surface area contributed by atoms with Crippen LogP contribution in [0.2, 0.25) is 11.1 Å². The van der Waals surface area contributed by atoms with Crippen LogP contribution in [-0.2, 0) is 24.2 Å². The monoisotopic (exact) mass is 227 g/mol. The van der Waals surface area contributed by atoms with Crippen LogP contribution in [0.3, 0.4) is 0 Å². The van der Waals surface area contributed by atoms with Crippen molar-refractivity contribution in [2.75, 3.05) is 6.61 Å². The van der Waals surface area contributed by atoms with Crippen molar-refractivity contribution in [1.82, 2.24) is 0 Å². The Morgan fingerprint density at radius 3 is 2.54 bits per heavy atom. The van der Waals surface area contributed by atoms with Crippen molar-refractivity contribution < 1.29 is 24.2 Å². The zero-order chi connectivity index (χ0) is 9.52. The molecule has 1 saturated heterocycles. The van der Waals surface area contributed by atoms with Gasteiger partial charge in [-0.05, 0) is 6.42 Å². The van der Waals surface area contributed by atoms with E-state index in [0.29, 0.717) is 0 Å². The van der Waals surface area contributed by atoms with E-state index in [1.54, 1.807) is 0 Å². The maximum absolute atomic E-state index is 5.42. The molecule has 2 rings (SSSR count). The summed E-state index contributed by atoms with van der Waals surface area (Å²) in [4.78, 5) is 0. The van der Waals surface area contributed by atoms with Gasteiger partial charge < -0.3 is 3.79 Å². The molecule has 3 heteroatoms. The van der Waals surface area contributed by atoms with Crippen LogP contribution < -0.4 is 0 Å². The molecule has 0 unspecified atom stereocenters. The first kappa shape index (κ1) is 11.8. The second-order valence-corrected chi connectivity index (χ2v) is 7.04. The quantitative estimate of drug-likeness (QED) is 0.578. The summed E-state index contributed by atoms with van der Waals surface area (Å²) in [6.45, 7) is 1.05. The third-order valence-corrected chi connectivity index (χ3v) is 4.78. The van der Waals surface area contributed by atoms with Gasteiger partial charge in [0, 0.05) is 6.61 Å². The Morgan fingerprint density at radius 2 is 2.31 bits per heavy atom. The summed E-state index contributed by atoms with van der Waals surface area (Å²) in [5, 5.41) is 1.40. The van der Waals surface area contributed by atoms with Gasteiger partial charge in [-0.3, -0.25) is 0 Å². The van der Waals surface area contributed by atoms with Crippen molar-refractivity contribution in [3.8, 4) is 0 Å². The van der Waals surface area contributed by atoms with E-state index in [2.05, 4.69) is 44.4 Å². The van der Waals surface area contributed by atoms with Crippen molar-refractivity contribution in [1.29, 1.82) is 0 Å². The second-order valence-electron chi connectivity index (χ2n) is 3.50. The molecule has 0 amide bonds. The molecule has 13 heavy (non-hydrogen) atoms. The molecule has 1 fully saturated rings. The molecule has 0 spiro atoms. The van der Waals surface area contributed by atoms with Gasteiger partial charge in [-0.1, -0.05) is 17.5 Å². The first-order chi connectivity index (χ1) is 6.29. The molecule has 1 nitrogen and oxygen atoms in total. The molecule has 0 atom stereocenters. The van der Waals surface area contributed by atoms with Crippen LogP contribution in [0.25, 0.3) is 0 Å². The van der Waals surface area contributed by atoms with Crippen molar-refractivity contribution in [3.63, 3.8) is 0 Å². The average molecular weight is 227 g/mol. The summed E-state index contributed by atoms with van der Waals surface area (Å²) in [5.41, 5.74) is 0. The minimum absolute atomic E-state index is 0.595. The Balaban J connectivity index is 0.000000132. The van der Waals surface area contributed by atoms with E-state index in [9.17, 15) is 0 Å². The van der Waals surface area contributed by atoms with Crippen LogP contribution in [0.1, 0.15) is 19.3 Å². The van der Waals surface area contributed by atoms with Crippen LogP contribution in [0.5, 0.6) is 0 Å². The van der Waals surface area contributed by atoms with Gasteiger partial charge in [-0.25, -0.2) is 0 Å². The number of rotatable bonds is 0. The second kappa shape index (κ2) is 7.04. The van der Waals surface area contributed by atoms with Crippen LogP contribution in [0.15, 0.2) is 22.1 Å². The summed E-state index contributed by atoms with van der Waals surface area (Å²) in [6, 6.07) is 0. The molecular weight excluding hydrogens is 211 g/mol. The third-order valence-electron chi connectivity index (χ3n) is 2.18. The van der Waals surface area contributed by atoms with E-state index < -0.39 is 14.5 Å². The fourth-order valence-electron chi connectivity index (χ4n) is 1.35. The van der Waals surface area contributed by atoms with Gasteiger partial charge in [-0.15, -0.1) is 0 Å². The van der Waals surface area contributed by atoms with E-state index in [-0.39, 0.29) is 0 Å². The SMILES string of the molecule is [CH3][Al]1[CH2]CCC[O]1.[Ti][C]1=CC=CC1. The first-order valence-corrected chi connectivity index (χ1v) is 8.20. The fraction of sp³-hybridized carbons (Fsp3) is 0.600. The fourth-order valence-corrected chi connectivity index (χ4v) is 3.28. The topological polar surface area (TPSA) is 9.23 Å². The van der Waals surface area contributed by atoms with E-state index in [4.69, 9.17) is 3.79 Å². The number of hydrogen-bond donors (Lipinski definition) is 0. The Hall–Kier alpha value is 0.687. The van der Waals surface area contributed by atoms with Gasteiger partial charge >= 0.3 is 63.4 Å². The number of allylic oxidation sites excluding steroid dienone is 4. The average Bonchev–Trinajstić information content (AvgIpc) is 2.58. The predicted octanol–water partition coefficient (Wildman–Crippen LogP) is 2.80. The van der Waals surface area contributed by atoms with Gasteiger partial charge in [0.2, 0.25) is 0 Å². The summed E-state index contributed by atoms with van der Waals surface area (Å²) >= 11 is 1.54. The Kier molecular flexibility index (Phi) is 6.37. The predicted molar refractivity (Wildman–Crippen MR) is 53.5 cm³/mol. The molecule has 0 saturated carbocycles. The van der Waals surface area contributed by atoms with E-state index >= 15 is 0 Å². The maximum atomic E-state index is 5.42. The molecule has 0 radical (unpaired) electrons. The summed E-state index contributed by atoms with van der Waals surface area (Å²) in [5.74, 6) is 2.28. The molecule has 69 valence electrons. The zero-order valence-corrected chi connectivity index (χ0v) is 11.0. The van der Waals surface area contributed by atoms with E-state index in [0.717, 1.165) is 6.61 Å². The van der Waals surface area contributed by atoms with Crippen molar-refractivity contribution in [3.05, 3.63) is 22.1 Å². The van der Waals surface area contributed by atoms with Crippen molar-refractivity contribution in [2.45, 2.75) is 30.3 Å². The molecule has 1 heterocycles. The molecule has 1 aliphatic carbocycles.